The largest absolute Gasteiger partial charge is 0.453 e. The summed E-state index contributed by atoms with van der Waals surface area (Å²) < 4.78 is 7.90. The normalized spacial score (nSPS) is 11.3. The molecule has 0 aliphatic carbocycles. The maximum atomic E-state index is 12.5. The van der Waals surface area contributed by atoms with Gasteiger partial charge in [0.25, 0.3) is 0 Å². The van der Waals surface area contributed by atoms with Crippen molar-refractivity contribution >= 4 is 45.1 Å². The van der Waals surface area contributed by atoms with Crippen LogP contribution in [0, 0.1) is 0 Å². The molecule has 154 valence electrons. The smallest absolute Gasteiger partial charge is 0.234 e. The first-order valence-electron chi connectivity index (χ1n) is 10.0. The van der Waals surface area contributed by atoms with Crippen molar-refractivity contribution in [1.29, 1.82) is 0 Å². The van der Waals surface area contributed by atoms with E-state index < -0.39 is 0 Å². The Hall–Kier alpha value is -3.58. The van der Waals surface area contributed by atoms with Gasteiger partial charge in [0, 0.05) is 17.6 Å². The molecule has 0 aliphatic heterocycles. The minimum atomic E-state index is -0.0868. The molecule has 1 amide bonds. The van der Waals surface area contributed by atoms with Gasteiger partial charge in [0.1, 0.15) is 5.58 Å². The zero-order valence-electron chi connectivity index (χ0n) is 16.9. The summed E-state index contributed by atoms with van der Waals surface area (Å²) in [6.45, 7) is 2.70. The molecule has 0 saturated heterocycles. The van der Waals surface area contributed by atoms with Gasteiger partial charge < -0.3 is 9.73 Å². The van der Waals surface area contributed by atoms with Crippen molar-refractivity contribution in [2.24, 2.45) is 0 Å². The lowest BCUT2D eigenvalue weighted by Crippen LogP contribution is -2.14. The van der Waals surface area contributed by atoms with Gasteiger partial charge in [-0.15, -0.1) is 10.2 Å². The van der Waals surface area contributed by atoms with Gasteiger partial charge in [-0.1, -0.05) is 60.3 Å². The highest BCUT2D eigenvalue weighted by molar-refractivity contribution is 7.99. The molecule has 0 saturated carbocycles. The monoisotopic (exact) mass is 428 g/mol. The number of aromatic nitrogens is 3. The van der Waals surface area contributed by atoms with E-state index in [1.54, 1.807) is 0 Å². The van der Waals surface area contributed by atoms with Crippen molar-refractivity contribution in [3.63, 3.8) is 0 Å². The van der Waals surface area contributed by atoms with Crippen LogP contribution in [0.25, 0.3) is 33.3 Å². The van der Waals surface area contributed by atoms with E-state index in [0.717, 1.165) is 27.4 Å². The molecule has 1 N–H and O–H groups in total. The molecule has 31 heavy (non-hydrogen) atoms. The number of anilines is 1. The van der Waals surface area contributed by atoms with Gasteiger partial charge in [-0.05, 0) is 42.0 Å². The van der Waals surface area contributed by atoms with E-state index in [2.05, 4.69) is 15.5 Å². The van der Waals surface area contributed by atoms with E-state index in [4.69, 9.17) is 4.42 Å². The van der Waals surface area contributed by atoms with Crippen molar-refractivity contribution < 1.29 is 9.21 Å². The molecule has 5 rings (SSSR count). The summed E-state index contributed by atoms with van der Waals surface area (Å²) in [6, 6.07) is 23.8. The van der Waals surface area contributed by atoms with Crippen molar-refractivity contribution in [2.45, 2.75) is 18.6 Å². The predicted molar refractivity (Wildman–Crippen MR) is 124 cm³/mol. The number of nitrogens with one attached hydrogen (secondary N) is 1. The number of benzene rings is 3. The Morgan fingerprint density at radius 3 is 2.55 bits per heavy atom. The molecule has 5 aromatic rings. The first kappa shape index (κ1) is 19.4. The standard InChI is InChI=1S/C24H20N4O2S/c1-2-28-23(21-14-18-9-5-6-10-20(18)30-21)26-27-24(28)31-15-22(29)25-19-12-11-16-7-3-4-8-17(16)13-19/h3-14H,2,15H2,1H3,(H,25,29). The molecule has 2 aromatic heterocycles. The number of hydrogen-bond acceptors (Lipinski definition) is 5. The van der Waals surface area contributed by atoms with Crippen LogP contribution in [-0.4, -0.2) is 26.4 Å². The van der Waals surface area contributed by atoms with Crippen molar-refractivity contribution in [1.82, 2.24) is 14.8 Å². The molecule has 0 unspecified atom stereocenters. The first-order chi connectivity index (χ1) is 15.2. The Bertz CT molecular complexity index is 1360. The van der Waals surface area contributed by atoms with Crippen LogP contribution < -0.4 is 5.32 Å². The quantitative estimate of drug-likeness (QED) is 0.357. The van der Waals surface area contributed by atoms with E-state index >= 15 is 0 Å². The van der Waals surface area contributed by atoms with Gasteiger partial charge in [-0.25, -0.2) is 0 Å². The molecule has 0 radical (unpaired) electrons. The highest BCUT2D eigenvalue weighted by Gasteiger charge is 2.18. The fraction of sp³-hybridized carbons (Fsp3) is 0.125. The second-order valence-corrected chi connectivity index (χ2v) is 8.04. The lowest BCUT2D eigenvalue weighted by Gasteiger charge is -2.08. The second-order valence-electron chi connectivity index (χ2n) is 7.10. The summed E-state index contributed by atoms with van der Waals surface area (Å²) in [5, 5.41) is 15.5. The summed E-state index contributed by atoms with van der Waals surface area (Å²) in [7, 11) is 0. The van der Waals surface area contributed by atoms with E-state index in [9.17, 15) is 4.79 Å². The third kappa shape index (κ3) is 3.92. The van der Waals surface area contributed by atoms with Crippen LogP contribution in [0.15, 0.2) is 82.4 Å². The van der Waals surface area contributed by atoms with Gasteiger partial charge in [0.05, 0.1) is 5.75 Å². The SMILES string of the molecule is CCn1c(SCC(=O)Nc2ccc3ccccc3c2)nnc1-c1cc2ccccc2o1. The Balaban J connectivity index is 1.30. The molecule has 2 heterocycles. The highest BCUT2D eigenvalue weighted by atomic mass is 32.2. The summed E-state index contributed by atoms with van der Waals surface area (Å²) >= 11 is 1.36. The summed E-state index contributed by atoms with van der Waals surface area (Å²) in [6.07, 6.45) is 0. The average molecular weight is 429 g/mol. The number of rotatable bonds is 6. The topological polar surface area (TPSA) is 73.0 Å². The lowest BCUT2D eigenvalue weighted by atomic mass is 10.1. The molecule has 0 bridgehead atoms. The maximum absolute atomic E-state index is 12.5. The third-order valence-corrected chi connectivity index (χ3v) is 6.01. The Labute approximate surface area is 183 Å². The summed E-state index contributed by atoms with van der Waals surface area (Å²) in [5.74, 6) is 1.49. The Kier molecular flexibility index (Phi) is 5.18. The van der Waals surface area contributed by atoms with Gasteiger partial charge >= 0.3 is 0 Å². The minimum absolute atomic E-state index is 0.0868. The predicted octanol–water partition coefficient (Wildman–Crippen LogP) is 5.60. The Morgan fingerprint density at radius 2 is 1.74 bits per heavy atom. The number of furan rings is 1. The van der Waals surface area contributed by atoms with Crippen LogP contribution in [0.3, 0.4) is 0 Å². The molecule has 0 fully saturated rings. The number of hydrogen-bond donors (Lipinski definition) is 1. The van der Waals surface area contributed by atoms with Crippen LogP contribution in [0.5, 0.6) is 0 Å². The molecule has 0 atom stereocenters. The van der Waals surface area contributed by atoms with Gasteiger partial charge in [0.2, 0.25) is 11.7 Å². The lowest BCUT2D eigenvalue weighted by molar-refractivity contribution is -0.113. The summed E-state index contributed by atoms with van der Waals surface area (Å²) in [5.41, 5.74) is 1.59. The van der Waals surface area contributed by atoms with E-state index in [0.29, 0.717) is 23.3 Å². The van der Waals surface area contributed by atoms with Crippen LogP contribution in [0.2, 0.25) is 0 Å². The fourth-order valence-corrected chi connectivity index (χ4v) is 4.35. The molecule has 3 aromatic carbocycles. The van der Waals surface area contributed by atoms with Crippen molar-refractivity contribution in [3.8, 4) is 11.6 Å². The zero-order valence-corrected chi connectivity index (χ0v) is 17.7. The van der Waals surface area contributed by atoms with Gasteiger partial charge in [-0.2, -0.15) is 0 Å². The number of nitrogens with zero attached hydrogens (tertiary/aromatic N) is 3. The Morgan fingerprint density at radius 1 is 0.968 bits per heavy atom. The number of thioether (sulfide) groups is 1. The van der Waals surface area contributed by atoms with Gasteiger partial charge in [0.15, 0.2) is 10.9 Å². The van der Waals surface area contributed by atoms with Crippen LogP contribution in [0.4, 0.5) is 5.69 Å². The van der Waals surface area contributed by atoms with E-state index in [1.807, 2.05) is 84.3 Å². The van der Waals surface area contributed by atoms with Gasteiger partial charge in [-0.3, -0.25) is 9.36 Å². The molecule has 0 spiro atoms. The zero-order chi connectivity index (χ0) is 21.2. The average Bonchev–Trinajstić information content (AvgIpc) is 3.41. The number of para-hydroxylation sites is 1. The van der Waals surface area contributed by atoms with E-state index in [1.165, 1.54) is 11.8 Å². The highest BCUT2D eigenvalue weighted by Crippen LogP contribution is 2.29. The second kappa shape index (κ2) is 8.28. The maximum Gasteiger partial charge on any atom is 0.234 e. The van der Waals surface area contributed by atoms with Crippen LogP contribution in [0.1, 0.15) is 6.92 Å². The van der Waals surface area contributed by atoms with Crippen molar-refractivity contribution in [3.05, 3.63) is 72.8 Å². The van der Waals surface area contributed by atoms with Crippen molar-refractivity contribution in [2.75, 3.05) is 11.1 Å². The third-order valence-electron chi connectivity index (χ3n) is 5.04. The molecule has 0 aliphatic rings. The molecular formula is C24H20N4O2S. The molecular weight excluding hydrogens is 408 g/mol. The summed E-state index contributed by atoms with van der Waals surface area (Å²) in [4.78, 5) is 12.5. The van der Waals surface area contributed by atoms with E-state index in [-0.39, 0.29) is 11.7 Å². The fourth-order valence-electron chi connectivity index (χ4n) is 3.55. The molecule has 7 heteroatoms. The first-order valence-corrected chi connectivity index (χ1v) is 11.0. The number of fused-ring (bicyclic) bond motifs is 2. The minimum Gasteiger partial charge on any atom is -0.453 e. The van der Waals surface area contributed by atoms with Crippen LogP contribution in [-0.2, 0) is 11.3 Å². The number of carbonyl (C=O) groups excluding carboxylic acids is 1. The molecule has 6 nitrogen and oxygen atoms in total. The number of amides is 1. The number of carbonyl (C=O) groups is 1. The van der Waals surface area contributed by atoms with Crippen LogP contribution >= 0.6 is 11.8 Å².